The Bertz CT molecular complexity index is 856. The van der Waals surface area contributed by atoms with Gasteiger partial charge in [0.2, 0.25) is 0 Å². The summed E-state index contributed by atoms with van der Waals surface area (Å²) in [6.07, 6.45) is 0. The van der Waals surface area contributed by atoms with Crippen molar-refractivity contribution in [2.45, 2.75) is 0 Å². The van der Waals surface area contributed by atoms with Gasteiger partial charge in [0.1, 0.15) is 0 Å². The van der Waals surface area contributed by atoms with Crippen LogP contribution in [0.5, 0.6) is 0 Å². The van der Waals surface area contributed by atoms with E-state index in [-0.39, 0.29) is 11.3 Å². The minimum Gasteiger partial charge on any atom is -0.397 e. The molecular formula is C19H17N3O. The molecule has 3 rings (SSSR count). The highest BCUT2D eigenvalue weighted by Crippen LogP contribution is 2.30. The van der Waals surface area contributed by atoms with Gasteiger partial charge in [-0.3, -0.25) is 4.79 Å². The lowest BCUT2D eigenvalue weighted by molar-refractivity contribution is 0.100. The molecule has 0 spiro atoms. The topological polar surface area (TPSA) is 95.1 Å². The number of hydrogen-bond donors (Lipinski definition) is 3. The number of hydrogen-bond acceptors (Lipinski definition) is 3. The first-order valence-electron chi connectivity index (χ1n) is 7.21. The summed E-state index contributed by atoms with van der Waals surface area (Å²) < 4.78 is 0. The summed E-state index contributed by atoms with van der Waals surface area (Å²) in [6.45, 7) is 0. The largest absolute Gasteiger partial charge is 0.397 e. The van der Waals surface area contributed by atoms with E-state index in [2.05, 4.69) is 12.1 Å². The van der Waals surface area contributed by atoms with Crippen molar-refractivity contribution in [3.63, 3.8) is 0 Å². The highest BCUT2D eigenvalue weighted by molar-refractivity contribution is 6.02. The molecule has 0 aromatic heterocycles. The Morgan fingerprint density at radius 3 is 1.78 bits per heavy atom. The molecule has 0 aliphatic carbocycles. The van der Waals surface area contributed by atoms with E-state index in [1.807, 2.05) is 42.5 Å². The van der Waals surface area contributed by atoms with E-state index in [1.54, 1.807) is 12.1 Å². The Morgan fingerprint density at radius 1 is 0.696 bits per heavy atom. The highest BCUT2D eigenvalue weighted by Gasteiger charge is 2.11. The van der Waals surface area contributed by atoms with Crippen molar-refractivity contribution in [1.82, 2.24) is 0 Å². The van der Waals surface area contributed by atoms with Crippen LogP contribution in [0.2, 0.25) is 0 Å². The first kappa shape index (κ1) is 14.7. The Morgan fingerprint density at radius 2 is 1.22 bits per heavy atom. The summed E-state index contributed by atoms with van der Waals surface area (Å²) in [6, 6.07) is 21.6. The van der Waals surface area contributed by atoms with Gasteiger partial charge < -0.3 is 17.2 Å². The second kappa shape index (κ2) is 5.85. The standard InChI is InChI=1S/C19H17N3O/c20-17-11-15(10-16(18(17)21)19(22)23)14-8-6-13(7-9-14)12-4-2-1-3-5-12/h1-11H,20-21H2,(H2,22,23). The quantitative estimate of drug-likeness (QED) is 0.648. The van der Waals surface area contributed by atoms with Gasteiger partial charge >= 0.3 is 0 Å². The zero-order valence-corrected chi connectivity index (χ0v) is 12.5. The predicted molar refractivity (Wildman–Crippen MR) is 94.7 cm³/mol. The molecule has 1 amide bonds. The average molecular weight is 303 g/mol. The van der Waals surface area contributed by atoms with E-state index >= 15 is 0 Å². The molecule has 3 aromatic rings. The van der Waals surface area contributed by atoms with Gasteiger partial charge in [0.15, 0.2) is 0 Å². The molecule has 0 unspecified atom stereocenters. The van der Waals surface area contributed by atoms with Gasteiger partial charge in [-0.25, -0.2) is 0 Å². The fourth-order valence-electron chi connectivity index (χ4n) is 2.53. The van der Waals surface area contributed by atoms with Crippen LogP contribution in [0, 0.1) is 0 Å². The minimum atomic E-state index is -0.586. The minimum absolute atomic E-state index is 0.224. The Labute approximate surface area is 134 Å². The molecule has 0 atom stereocenters. The third-order valence-electron chi connectivity index (χ3n) is 3.80. The molecule has 4 nitrogen and oxygen atoms in total. The number of nitrogens with two attached hydrogens (primary N) is 3. The summed E-state index contributed by atoms with van der Waals surface area (Å²) in [4.78, 5) is 11.5. The summed E-state index contributed by atoms with van der Waals surface area (Å²) in [5.41, 5.74) is 21.9. The summed E-state index contributed by atoms with van der Waals surface area (Å²) in [5, 5.41) is 0. The molecule has 0 aliphatic heterocycles. The molecular weight excluding hydrogens is 286 g/mol. The second-order valence-electron chi connectivity index (χ2n) is 5.33. The molecule has 0 heterocycles. The SMILES string of the molecule is NC(=O)c1cc(-c2ccc(-c3ccccc3)cc2)cc(N)c1N. The first-order valence-corrected chi connectivity index (χ1v) is 7.21. The van der Waals surface area contributed by atoms with Crippen molar-refractivity contribution in [2.24, 2.45) is 5.73 Å². The molecule has 114 valence electrons. The molecule has 0 fully saturated rings. The molecule has 23 heavy (non-hydrogen) atoms. The highest BCUT2D eigenvalue weighted by atomic mass is 16.1. The predicted octanol–water partition coefficient (Wildman–Crippen LogP) is 3.28. The van der Waals surface area contributed by atoms with Crippen LogP contribution in [-0.4, -0.2) is 5.91 Å². The lowest BCUT2D eigenvalue weighted by atomic mass is 9.97. The van der Waals surface area contributed by atoms with E-state index in [1.165, 1.54) is 0 Å². The van der Waals surface area contributed by atoms with Gasteiger partial charge in [0.25, 0.3) is 5.91 Å². The van der Waals surface area contributed by atoms with Crippen molar-refractivity contribution < 1.29 is 4.79 Å². The molecule has 0 saturated heterocycles. The van der Waals surface area contributed by atoms with Crippen molar-refractivity contribution in [1.29, 1.82) is 0 Å². The summed E-state index contributed by atoms with van der Waals surface area (Å²) in [7, 11) is 0. The number of amides is 1. The monoisotopic (exact) mass is 303 g/mol. The number of rotatable bonds is 3. The lowest BCUT2D eigenvalue weighted by Gasteiger charge is -2.10. The van der Waals surface area contributed by atoms with Crippen LogP contribution in [0.3, 0.4) is 0 Å². The fourth-order valence-corrected chi connectivity index (χ4v) is 2.53. The summed E-state index contributed by atoms with van der Waals surface area (Å²) in [5.74, 6) is -0.586. The van der Waals surface area contributed by atoms with E-state index in [4.69, 9.17) is 17.2 Å². The number of primary amides is 1. The average Bonchev–Trinajstić information content (AvgIpc) is 2.58. The molecule has 0 saturated carbocycles. The molecule has 3 aromatic carbocycles. The zero-order chi connectivity index (χ0) is 16.4. The third kappa shape index (κ3) is 2.87. The molecule has 0 radical (unpaired) electrons. The number of nitrogen functional groups attached to an aromatic ring is 2. The number of carbonyl (C=O) groups is 1. The zero-order valence-electron chi connectivity index (χ0n) is 12.5. The fraction of sp³-hybridized carbons (Fsp3) is 0. The normalized spacial score (nSPS) is 10.4. The Balaban J connectivity index is 2.01. The lowest BCUT2D eigenvalue weighted by Crippen LogP contribution is -2.14. The van der Waals surface area contributed by atoms with E-state index in [0.717, 1.165) is 22.3 Å². The van der Waals surface area contributed by atoms with Crippen molar-refractivity contribution in [2.75, 3.05) is 11.5 Å². The van der Waals surface area contributed by atoms with E-state index in [0.29, 0.717) is 5.69 Å². The van der Waals surface area contributed by atoms with Gasteiger partial charge in [-0.2, -0.15) is 0 Å². The van der Waals surface area contributed by atoms with Crippen molar-refractivity contribution >= 4 is 17.3 Å². The van der Waals surface area contributed by atoms with E-state index in [9.17, 15) is 4.79 Å². The Kier molecular flexibility index (Phi) is 3.73. The number of carbonyl (C=O) groups excluding carboxylic acids is 1. The maximum absolute atomic E-state index is 11.5. The van der Waals surface area contributed by atoms with Gasteiger partial charge in [-0.15, -0.1) is 0 Å². The molecule has 6 N–H and O–H groups in total. The van der Waals surface area contributed by atoms with Gasteiger partial charge in [-0.05, 0) is 34.4 Å². The second-order valence-corrected chi connectivity index (χ2v) is 5.33. The Hall–Kier alpha value is -3.27. The van der Waals surface area contributed by atoms with Crippen LogP contribution in [0.15, 0.2) is 66.7 Å². The molecule has 0 aliphatic rings. The van der Waals surface area contributed by atoms with Crippen LogP contribution >= 0.6 is 0 Å². The number of benzene rings is 3. The maximum Gasteiger partial charge on any atom is 0.250 e. The van der Waals surface area contributed by atoms with E-state index < -0.39 is 5.91 Å². The van der Waals surface area contributed by atoms with Crippen molar-refractivity contribution in [3.8, 4) is 22.3 Å². The van der Waals surface area contributed by atoms with Gasteiger partial charge in [0, 0.05) is 0 Å². The van der Waals surface area contributed by atoms with Crippen LogP contribution in [-0.2, 0) is 0 Å². The maximum atomic E-state index is 11.5. The smallest absolute Gasteiger partial charge is 0.250 e. The third-order valence-corrected chi connectivity index (χ3v) is 3.80. The van der Waals surface area contributed by atoms with Crippen molar-refractivity contribution in [3.05, 3.63) is 72.3 Å². The number of anilines is 2. The van der Waals surface area contributed by atoms with Crippen LogP contribution in [0.25, 0.3) is 22.3 Å². The van der Waals surface area contributed by atoms with Gasteiger partial charge in [-0.1, -0.05) is 54.6 Å². The molecule has 0 bridgehead atoms. The molecule has 4 heteroatoms. The van der Waals surface area contributed by atoms with Crippen LogP contribution in [0.4, 0.5) is 11.4 Å². The summed E-state index contributed by atoms with van der Waals surface area (Å²) >= 11 is 0. The van der Waals surface area contributed by atoms with Gasteiger partial charge in [0.05, 0.1) is 16.9 Å². The van der Waals surface area contributed by atoms with Crippen LogP contribution in [0.1, 0.15) is 10.4 Å². The first-order chi connectivity index (χ1) is 11.1. The van der Waals surface area contributed by atoms with Crippen LogP contribution < -0.4 is 17.2 Å².